The average molecular weight is 136 g/mol. The molecule has 0 spiro atoms. The molecule has 0 fully saturated rings. The molecule has 0 rings (SSSR count). The molecule has 0 amide bonds. The van der Waals surface area contributed by atoms with Gasteiger partial charge in [-0.2, -0.15) is 0 Å². The summed E-state index contributed by atoms with van der Waals surface area (Å²) in [4.78, 5) is 20.6. The van der Waals surface area contributed by atoms with Crippen molar-refractivity contribution in [3.8, 4) is 0 Å². The molecule has 0 aromatic heterocycles. The van der Waals surface area contributed by atoms with Crippen molar-refractivity contribution in [2.75, 3.05) is 0 Å². The quantitative estimate of drug-likeness (QED) is 0.276. The fraction of sp³-hybridized carbons (Fsp3) is 0. The minimum Gasteiger partial charge on any atom is -0.105 e. The smallest absolute Gasteiger partial charge is 0.105 e. The first-order valence-electron chi connectivity index (χ1n) is 1.10. The van der Waals surface area contributed by atoms with Crippen LogP contribution >= 0.6 is 0 Å². The molecule has 4 radical (unpaired) electrons. The van der Waals surface area contributed by atoms with Crippen LogP contribution in [0.2, 0.25) is 0 Å². The van der Waals surface area contributed by atoms with Gasteiger partial charge < -0.3 is 0 Å². The maximum atomic E-state index is 8.95. The minimum atomic E-state index is -1.50. The number of rotatable bonds is 2. The van der Waals surface area contributed by atoms with Crippen LogP contribution in [0.4, 0.5) is 0 Å². The molecule has 0 aromatic carbocycles. The molecule has 0 aliphatic heterocycles. The standard InChI is InChI=1S/N2O5.Si/c3-1(4)7-2(5)6;. The van der Waals surface area contributed by atoms with E-state index < -0.39 is 10.2 Å². The van der Waals surface area contributed by atoms with Crippen LogP contribution in [0.3, 0.4) is 0 Å². The first-order chi connectivity index (χ1) is 3.13. The average Bonchev–Trinajstić information content (AvgIpc) is 1.27. The Morgan fingerprint density at radius 3 is 1.38 bits per heavy atom. The Bertz CT molecular complexity index is 86.6. The summed E-state index contributed by atoms with van der Waals surface area (Å²) in [5, 5.41) is 14.9. The van der Waals surface area contributed by atoms with Crippen LogP contribution in [0, 0.1) is 20.2 Å². The fourth-order valence-corrected chi connectivity index (χ4v) is 0.0544. The lowest BCUT2D eigenvalue weighted by molar-refractivity contribution is -1.03. The van der Waals surface area contributed by atoms with E-state index in [0.717, 1.165) is 0 Å². The van der Waals surface area contributed by atoms with E-state index in [0.29, 0.717) is 0 Å². The van der Waals surface area contributed by atoms with Crippen LogP contribution in [0.25, 0.3) is 0 Å². The molecule has 0 atom stereocenters. The van der Waals surface area contributed by atoms with Crippen LogP contribution in [0.1, 0.15) is 0 Å². The van der Waals surface area contributed by atoms with Gasteiger partial charge in [-0.25, -0.2) is 0 Å². The second-order valence-electron chi connectivity index (χ2n) is 0.529. The minimum absolute atomic E-state index is 0. The van der Waals surface area contributed by atoms with Gasteiger partial charge in [0.25, 0.3) is 0 Å². The molecule has 0 saturated carbocycles. The first-order valence-corrected chi connectivity index (χ1v) is 1.10. The van der Waals surface area contributed by atoms with Crippen LogP contribution < -0.4 is 0 Å². The summed E-state index contributed by atoms with van der Waals surface area (Å²) in [6, 6.07) is 0. The number of hydrogen-bond acceptors (Lipinski definition) is 5. The molecule has 44 valence electrons. The van der Waals surface area contributed by atoms with Gasteiger partial charge in [-0.3, -0.25) is 0 Å². The second kappa shape index (κ2) is 3.99. The van der Waals surface area contributed by atoms with Crippen LogP contribution in [-0.2, 0) is 4.94 Å². The van der Waals surface area contributed by atoms with E-state index in [-0.39, 0.29) is 11.0 Å². The van der Waals surface area contributed by atoms with E-state index >= 15 is 0 Å². The highest BCUT2D eigenvalue weighted by atomic mass is 28.1. The monoisotopic (exact) mass is 136 g/mol. The SMILES string of the molecule is O=[N+]([O-])O[N+](=O)[O-].[Si]. The fourth-order valence-electron chi connectivity index (χ4n) is 0.0544. The van der Waals surface area contributed by atoms with Crippen molar-refractivity contribution in [1.29, 1.82) is 0 Å². The van der Waals surface area contributed by atoms with Gasteiger partial charge in [-0.05, 0) is 0 Å². The van der Waals surface area contributed by atoms with Crippen molar-refractivity contribution in [1.82, 2.24) is 0 Å². The third-order valence-electron chi connectivity index (χ3n) is 0.133. The van der Waals surface area contributed by atoms with E-state index in [1.54, 1.807) is 0 Å². The van der Waals surface area contributed by atoms with Crippen molar-refractivity contribution in [2.45, 2.75) is 0 Å². The van der Waals surface area contributed by atoms with E-state index in [1.807, 2.05) is 0 Å². The summed E-state index contributed by atoms with van der Waals surface area (Å²) in [6.07, 6.45) is 0. The van der Waals surface area contributed by atoms with Gasteiger partial charge >= 0.3 is 10.2 Å². The second-order valence-corrected chi connectivity index (χ2v) is 0.529. The van der Waals surface area contributed by atoms with Gasteiger partial charge in [0.1, 0.15) is 0 Å². The molecule has 8 heavy (non-hydrogen) atoms. The van der Waals surface area contributed by atoms with Crippen molar-refractivity contribution >= 4 is 11.0 Å². The lowest BCUT2D eigenvalue weighted by Crippen LogP contribution is -2.06. The van der Waals surface area contributed by atoms with E-state index in [4.69, 9.17) is 20.2 Å². The van der Waals surface area contributed by atoms with Gasteiger partial charge in [0, 0.05) is 15.9 Å². The molecule has 0 heterocycles. The Hall–Kier alpha value is -1.18. The van der Waals surface area contributed by atoms with E-state index in [9.17, 15) is 0 Å². The van der Waals surface area contributed by atoms with Gasteiger partial charge in [-0.15, -0.1) is 20.2 Å². The summed E-state index contributed by atoms with van der Waals surface area (Å²) < 4.78 is 0. The topological polar surface area (TPSA) is 95.5 Å². The maximum Gasteiger partial charge on any atom is 0.356 e. The van der Waals surface area contributed by atoms with Crippen molar-refractivity contribution in [3.05, 3.63) is 20.2 Å². The molecule has 0 aliphatic carbocycles. The highest BCUT2D eigenvalue weighted by molar-refractivity contribution is 5.75. The third-order valence-corrected chi connectivity index (χ3v) is 0.133. The predicted octanol–water partition coefficient (Wildman–Crippen LogP) is -0.994. The zero-order valence-electron chi connectivity index (χ0n) is 3.44. The van der Waals surface area contributed by atoms with Crippen LogP contribution in [-0.4, -0.2) is 21.1 Å². The van der Waals surface area contributed by atoms with Crippen LogP contribution in [0.15, 0.2) is 0 Å². The highest BCUT2D eigenvalue weighted by Crippen LogP contribution is 1.70. The summed E-state index contributed by atoms with van der Waals surface area (Å²) in [5.74, 6) is 0. The molecular formula is N2O5Si. The summed E-state index contributed by atoms with van der Waals surface area (Å²) in [7, 11) is 0. The summed E-state index contributed by atoms with van der Waals surface area (Å²) >= 11 is 0. The van der Waals surface area contributed by atoms with E-state index in [1.165, 1.54) is 0 Å². The largest absolute Gasteiger partial charge is 0.356 e. The molecule has 0 saturated heterocycles. The van der Waals surface area contributed by atoms with Crippen molar-refractivity contribution in [3.63, 3.8) is 0 Å². The first kappa shape index (κ1) is 9.94. The normalized spacial score (nSPS) is 6.50. The van der Waals surface area contributed by atoms with Gasteiger partial charge in [0.2, 0.25) is 0 Å². The highest BCUT2D eigenvalue weighted by Gasteiger charge is 2.05. The molecule has 0 N–H and O–H groups in total. The zero-order chi connectivity index (χ0) is 5.86. The van der Waals surface area contributed by atoms with Crippen LogP contribution in [0.5, 0.6) is 0 Å². The lowest BCUT2D eigenvalue weighted by Gasteiger charge is -1.71. The molecule has 0 bridgehead atoms. The van der Waals surface area contributed by atoms with Crippen molar-refractivity contribution < 1.29 is 15.1 Å². The molecule has 7 nitrogen and oxygen atoms in total. The predicted molar refractivity (Wildman–Crippen MR) is 20.8 cm³/mol. The Labute approximate surface area is 47.5 Å². The maximum absolute atomic E-state index is 8.95. The number of nitrogens with zero attached hydrogens (tertiary/aromatic N) is 2. The molecule has 0 aromatic rings. The molecule has 8 heteroatoms. The Balaban J connectivity index is 0. The van der Waals surface area contributed by atoms with Gasteiger partial charge in [0.05, 0.1) is 0 Å². The summed E-state index contributed by atoms with van der Waals surface area (Å²) in [6.45, 7) is 0. The van der Waals surface area contributed by atoms with Crippen molar-refractivity contribution in [2.24, 2.45) is 0 Å². The van der Waals surface area contributed by atoms with Gasteiger partial charge in [-0.1, -0.05) is 0 Å². The molecule has 0 unspecified atom stereocenters. The third kappa shape index (κ3) is 8.84. The number of hydrogen-bond donors (Lipinski definition) is 0. The molecule has 0 aliphatic rings. The lowest BCUT2D eigenvalue weighted by atomic mass is 12.9. The molecular weight excluding hydrogens is 136 g/mol. The Morgan fingerprint density at radius 1 is 1.12 bits per heavy atom. The zero-order valence-corrected chi connectivity index (χ0v) is 4.44. The summed E-state index contributed by atoms with van der Waals surface area (Å²) in [5.41, 5.74) is 0. The van der Waals surface area contributed by atoms with E-state index in [2.05, 4.69) is 4.94 Å². The Morgan fingerprint density at radius 2 is 1.38 bits per heavy atom. The van der Waals surface area contributed by atoms with Gasteiger partial charge in [0.15, 0.2) is 0 Å². The Kier molecular flexibility index (Phi) is 4.96.